The van der Waals surface area contributed by atoms with Crippen molar-refractivity contribution in [2.75, 3.05) is 11.9 Å². The summed E-state index contributed by atoms with van der Waals surface area (Å²) in [6, 6.07) is 6.98. The first-order valence-corrected chi connectivity index (χ1v) is 9.49. The van der Waals surface area contributed by atoms with Crippen LogP contribution in [0.25, 0.3) is 4.85 Å². The topological polar surface area (TPSA) is 103 Å². The molecule has 1 aromatic carbocycles. The third kappa shape index (κ3) is 2.92. The molecule has 2 heterocycles. The number of hydrogen-bond donors (Lipinski definition) is 3. The zero-order valence-corrected chi connectivity index (χ0v) is 15.4. The molecule has 146 valence electrons. The standard InChI is InChI=1S/C20H22N4O4/c1-21-16-10-20(12-5-2-3-6-13(12)23-19(20)28)11-24(16)18(27)9-17(26)22-14-7-4-8-15(14)25/h2-3,5-6,14-16,25H,4,7-11H2,(H,22,26)(H,23,28)/t14-,15-,16-,20-/m0/s1. The molecule has 2 aliphatic heterocycles. The van der Waals surface area contributed by atoms with E-state index in [0.29, 0.717) is 18.5 Å². The molecule has 3 amide bonds. The van der Waals surface area contributed by atoms with E-state index in [2.05, 4.69) is 15.5 Å². The maximum absolute atomic E-state index is 12.8. The van der Waals surface area contributed by atoms with Crippen LogP contribution in [0.2, 0.25) is 0 Å². The molecule has 2 fully saturated rings. The first-order valence-electron chi connectivity index (χ1n) is 9.49. The number of benzene rings is 1. The fourth-order valence-electron chi connectivity index (χ4n) is 4.59. The van der Waals surface area contributed by atoms with Gasteiger partial charge in [-0.3, -0.25) is 24.1 Å². The van der Waals surface area contributed by atoms with Gasteiger partial charge >= 0.3 is 6.17 Å². The molecule has 3 aliphatic rings. The largest absolute Gasteiger partial charge is 0.391 e. The number of nitrogens with zero attached hydrogens (tertiary/aromatic N) is 2. The highest BCUT2D eigenvalue weighted by Gasteiger charge is 2.58. The predicted octanol–water partition coefficient (Wildman–Crippen LogP) is 0.774. The van der Waals surface area contributed by atoms with Gasteiger partial charge in [-0.25, -0.2) is 6.57 Å². The highest BCUT2D eigenvalue weighted by atomic mass is 16.3. The van der Waals surface area contributed by atoms with Crippen LogP contribution >= 0.6 is 0 Å². The molecule has 0 unspecified atom stereocenters. The lowest BCUT2D eigenvalue weighted by atomic mass is 9.80. The molecule has 1 spiro atoms. The molecule has 1 saturated heterocycles. The second-order valence-electron chi connectivity index (χ2n) is 7.77. The van der Waals surface area contributed by atoms with Crippen molar-refractivity contribution in [3.63, 3.8) is 0 Å². The Morgan fingerprint density at radius 1 is 1.36 bits per heavy atom. The van der Waals surface area contributed by atoms with Crippen LogP contribution in [0, 0.1) is 6.57 Å². The molecule has 0 radical (unpaired) electrons. The minimum Gasteiger partial charge on any atom is -0.391 e. The van der Waals surface area contributed by atoms with Gasteiger partial charge in [0.25, 0.3) is 0 Å². The molecular formula is C20H22N4O4. The summed E-state index contributed by atoms with van der Waals surface area (Å²) in [6.07, 6.45) is 0.626. The van der Waals surface area contributed by atoms with Gasteiger partial charge < -0.3 is 15.7 Å². The average molecular weight is 382 g/mol. The number of amides is 3. The minimum absolute atomic E-state index is 0.0844. The Morgan fingerprint density at radius 3 is 2.86 bits per heavy atom. The minimum atomic E-state index is -0.945. The van der Waals surface area contributed by atoms with E-state index in [1.165, 1.54) is 4.90 Å². The van der Waals surface area contributed by atoms with Gasteiger partial charge in [-0.15, -0.1) is 0 Å². The van der Waals surface area contributed by atoms with Gasteiger partial charge in [0, 0.05) is 12.2 Å². The van der Waals surface area contributed by atoms with Gasteiger partial charge in [0.2, 0.25) is 17.7 Å². The summed E-state index contributed by atoms with van der Waals surface area (Å²) < 4.78 is 0. The smallest absolute Gasteiger partial charge is 0.302 e. The molecule has 28 heavy (non-hydrogen) atoms. The maximum atomic E-state index is 12.8. The van der Waals surface area contributed by atoms with E-state index in [4.69, 9.17) is 6.57 Å². The van der Waals surface area contributed by atoms with Crippen LogP contribution in [0.3, 0.4) is 0 Å². The summed E-state index contributed by atoms with van der Waals surface area (Å²) in [5.41, 5.74) is 0.556. The van der Waals surface area contributed by atoms with Crippen molar-refractivity contribution < 1.29 is 19.5 Å². The molecule has 4 rings (SSSR count). The Kier molecular flexibility index (Phi) is 4.55. The Hall–Kier alpha value is -2.92. The number of para-hydroxylation sites is 1. The molecule has 1 saturated carbocycles. The lowest BCUT2D eigenvalue weighted by Crippen LogP contribution is -2.44. The summed E-state index contributed by atoms with van der Waals surface area (Å²) in [5.74, 6) is -1.15. The molecule has 8 nitrogen and oxygen atoms in total. The zero-order chi connectivity index (χ0) is 19.9. The van der Waals surface area contributed by atoms with Gasteiger partial charge in [-0.1, -0.05) is 18.2 Å². The number of aliphatic hydroxyl groups is 1. The normalized spacial score (nSPS) is 30.8. The summed E-state index contributed by atoms with van der Waals surface area (Å²) in [5, 5.41) is 15.4. The number of aliphatic hydroxyl groups excluding tert-OH is 1. The third-order valence-electron chi connectivity index (χ3n) is 6.06. The number of carbonyl (C=O) groups excluding carboxylic acids is 3. The van der Waals surface area contributed by atoms with E-state index in [1.54, 1.807) is 6.07 Å². The van der Waals surface area contributed by atoms with Crippen molar-refractivity contribution in [1.82, 2.24) is 10.2 Å². The zero-order valence-electron chi connectivity index (χ0n) is 15.4. The lowest BCUT2D eigenvalue weighted by Gasteiger charge is -2.21. The van der Waals surface area contributed by atoms with E-state index in [1.807, 2.05) is 18.2 Å². The molecule has 1 aliphatic carbocycles. The molecule has 4 atom stereocenters. The highest BCUT2D eigenvalue weighted by molar-refractivity contribution is 6.07. The van der Waals surface area contributed by atoms with Crippen molar-refractivity contribution >= 4 is 23.4 Å². The van der Waals surface area contributed by atoms with E-state index in [-0.39, 0.29) is 24.9 Å². The molecule has 0 bridgehead atoms. The van der Waals surface area contributed by atoms with Gasteiger partial charge in [0.1, 0.15) is 11.8 Å². The Morgan fingerprint density at radius 2 is 2.14 bits per heavy atom. The van der Waals surface area contributed by atoms with E-state index in [9.17, 15) is 19.5 Å². The van der Waals surface area contributed by atoms with E-state index >= 15 is 0 Å². The summed E-state index contributed by atoms with van der Waals surface area (Å²) in [4.78, 5) is 42.6. The highest BCUT2D eigenvalue weighted by Crippen LogP contribution is 2.46. The Bertz CT molecular complexity index is 879. The fourth-order valence-corrected chi connectivity index (χ4v) is 4.59. The maximum Gasteiger partial charge on any atom is 0.302 e. The Labute approximate surface area is 162 Å². The van der Waals surface area contributed by atoms with Crippen molar-refractivity contribution in [2.24, 2.45) is 0 Å². The number of rotatable bonds is 3. The van der Waals surface area contributed by atoms with Gasteiger partial charge in [-0.2, -0.15) is 0 Å². The van der Waals surface area contributed by atoms with E-state index in [0.717, 1.165) is 12.0 Å². The van der Waals surface area contributed by atoms with Crippen molar-refractivity contribution in [3.05, 3.63) is 41.2 Å². The number of likely N-dealkylation sites (tertiary alicyclic amines) is 1. The fraction of sp³-hybridized carbons (Fsp3) is 0.500. The quantitative estimate of drug-likeness (QED) is 0.531. The number of anilines is 1. The first kappa shape index (κ1) is 18.4. The lowest BCUT2D eigenvalue weighted by molar-refractivity contribution is -0.136. The summed E-state index contributed by atoms with van der Waals surface area (Å²) in [7, 11) is 0. The SMILES string of the molecule is [C-]#[N+][C@@H]1C[C@@]2(CN1C(=O)CC(=O)N[C@H]1CCC[C@@H]1O)C(=O)Nc1ccccc12. The van der Waals surface area contributed by atoms with Crippen molar-refractivity contribution in [3.8, 4) is 0 Å². The second-order valence-corrected chi connectivity index (χ2v) is 7.77. The second kappa shape index (κ2) is 6.91. The third-order valence-corrected chi connectivity index (χ3v) is 6.06. The molecule has 0 aromatic heterocycles. The number of carbonyl (C=O) groups is 3. The molecule has 8 heteroatoms. The van der Waals surface area contributed by atoms with Crippen LogP contribution in [-0.4, -0.2) is 52.6 Å². The Balaban J connectivity index is 1.49. The monoisotopic (exact) mass is 382 g/mol. The van der Waals surface area contributed by atoms with Crippen molar-refractivity contribution in [1.29, 1.82) is 0 Å². The number of fused-ring (bicyclic) bond motifs is 2. The predicted molar refractivity (Wildman–Crippen MR) is 99.9 cm³/mol. The average Bonchev–Trinajstić information content (AvgIpc) is 3.33. The van der Waals surface area contributed by atoms with Crippen LogP contribution in [0.15, 0.2) is 24.3 Å². The number of hydrogen-bond acceptors (Lipinski definition) is 4. The summed E-state index contributed by atoms with van der Waals surface area (Å²) in [6.45, 7) is 7.56. The number of nitrogens with one attached hydrogen (secondary N) is 2. The molecular weight excluding hydrogens is 360 g/mol. The van der Waals surface area contributed by atoms with Crippen LogP contribution < -0.4 is 10.6 Å². The summed E-state index contributed by atoms with van der Waals surface area (Å²) >= 11 is 0. The molecule has 1 aromatic rings. The van der Waals surface area contributed by atoms with Gasteiger partial charge in [0.05, 0.1) is 18.6 Å². The van der Waals surface area contributed by atoms with Crippen LogP contribution in [0.5, 0.6) is 0 Å². The van der Waals surface area contributed by atoms with Crippen molar-refractivity contribution in [2.45, 2.75) is 55.8 Å². The van der Waals surface area contributed by atoms with Crippen LogP contribution in [-0.2, 0) is 19.8 Å². The van der Waals surface area contributed by atoms with Gasteiger partial charge in [0.15, 0.2) is 0 Å². The van der Waals surface area contributed by atoms with Crippen LogP contribution in [0.1, 0.15) is 37.7 Å². The van der Waals surface area contributed by atoms with Crippen LogP contribution in [0.4, 0.5) is 5.69 Å². The van der Waals surface area contributed by atoms with E-state index < -0.39 is 35.9 Å². The first-order chi connectivity index (χ1) is 13.4. The van der Waals surface area contributed by atoms with Gasteiger partial charge in [-0.05, 0) is 30.9 Å². The molecule has 3 N–H and O–H groups in total.